The third-order valence-corrected chi connectivity index (χ3v) is 6.61. The second-order valence-electron chi connectivity index (χ2n) is 8.36. The highest BCUT2D eigenvalue weighted by Crippen LogP contribution is 2.49. The zero-order valence-electron chi connectivity index (χ0n) is 17.2. The largest absolute Gasteiger partial charge is 0.492 e. The Hall–Kier alpha value is -3.56. The number of ether oxygens (including phenoxy) is 1. The predicted molar refractivity (Wildman–Crippen MR) is 125 cm³/mol. The van der Waals surface area contributed by atoms with Gasteiger partial charge in [-0.3, -0.25) is 0 Å². The van der Waals surface area contributed by atoms with Gasteiger partial charge in [-0.25, -0.2) is 0 Å². The Morgan fingerprint density at radius 3 is 2.39 bits per heavy atom. The average Bonchev–Trinajstić information content (AvgIpc) is 3.39. The summed E-state index contributed by atoms with van der Waals surface area (Å²) in [5.41, 5.74) is 4.04. The van der Waals surface area contributed by atoms with Crippen molar-refractivity contribution in [1.29, 1.82) is 0 Å². The molecule has 0 radical (unpaired) electrons. The number of nitrogens with zero attached hydrogens (tertiary/aromatic N) is 1. The lowest BCUT2D eigenvalue weighted by atomic mass is 9.75. The fourth-order valence-electron chi connectivity index (χ4n) is 5.10. The molecule has 5 aromatic rings. The minimum Gasteiger partial charge on any atom is -0.492 e. The molecule has 4 aromatic carbocycles. The van der Waals surface area contributed by atoms with Crippen molar-refractivity contribution >= 4 is 21.7 Å². The van der Waals surface area contributed by atoms with Crippen LogP contribution in [0.4, 0.5) is 0 Å². The van der Waals surface area contributed by atoms with Crippen LogP contribution < -0.4 is 4.74 Å². The third kappa shape index (κ3) is 2.70. The normalized spacial score (nSPS) is 17.7. The van der Waals surface area contributed by atoms with E-state index in [1.807, 2.05) is 12.1 Å². The Kier molecular flexibility index (Phi) is 4.12. The zero-order chi connectivity index (χ0) is 20.8. The first-order chi connectivity index (χ1) is 15.3. The lowest BCUT2D eigenvalue weighted by Gasteiger charge is -2.26. The quantitative estimate of drug-likeness (QED) is 0.428. The minimum absolute atomic E-state index is 0.00660. The minimum atomic E-state index is -0.599. The number of hydrogen-bond acceptors (Lipinski definition) is 2. The molecular weight excluding hydrogens is 382 g/mol. The molecule has 1 aromatic heterocycles. The Balaban J connectivity index is 1.60. The number of hydrogen-bond donors (Lipinski definition) is 1. The predicted octanol–water partition coefficient (Wildman–Crippen LogP) is 5.51. The van der Waals surface area contributed by atoms with Crippen molar-refractivity contribution in [2.24, 2.45) is 0 Å². The monoisotopic (exact) mass is 405 g/mol. The Morgan fingerprint density at radius 1 is 0.806 bits per heavy atom. The molecule has 0 spiro atoms. The number of rotatable bonds is 4. The molecule has 0 saturated heterocycles. The SMILES string of the molecule is OC[C@]1(c2cn(Cc3ccccc3)c3ccccc23)COc2ccc3ccccc3c21. The van der Waals surface area contributed by atoms with Gasteiger partial charge in [-0.1, -0.05) is 78.9 Å². The van der Waals surface area contributed by atoms with Crippen molar-refractivity contribution < 1.29 is 9.84 Å². The van der Waals surface area contributed by atoms with Gasteiger partial charge < -0.3 is 14.4 Å². The van der Waals surface area contributed by atoms with E-state index in [1.54, 1.807) is 0 Å². The lowest BCUT2D eigenvalue weighted by Crippen LogP contribution is -2.34. The number of para-hydroxylation sites is 1. The van der Waals surface area contributed by atoms with Crippen LogP contribution >= 0.6 is 0 Å². The van der Waals surface area contributed by atoms with E-state index < -0.39 is 5.41 Å². The summed E-state index contributed by atoms with van der Waals surface area (Å²) in [6, 6.07) is 31.5. The molecule has 0 aliphatic carbocycles. The van der Waals surface area contributed by atoms with Crippen molar-refractivity contribution in [1.82, 2.24) is 4.57 Å². The first-order valence-corrected chi connectivity index (χ1v) is 10.7. The highest BCUT2D eigenvalue weighted by Gasteiger charge is 2.45. The van der Waals surface area contributed by atoms with Gasteiger partial charge in [0.25, 0.3) is 0 Å². The maximum absolute atomic E-state index is 10.8. The first kappa shape index (κ1) is 18.2. The zero-order valence-corrected chi connectivity index (χ0v) is 17.2. The average molecular weight is 405 g/mol. The standard InChI is InChI=1S/C28H23NO2/c30-18-28(19-31-26-15-14-21-10-4-5-11-22(21)27(26)28)24-17-29(16-20-8-2-1-3-9-20)25-13-7-6-12-23(24)25/h1-15,17,30H,16,18-19H2/t28-/m1/s1. The van der Waals surface area contributed by atoms with E-state index in [1.165, 1.54) is 11.1 Å². The molecular formula is C28H23NO2. The maximum Gasteiger partial charge on any atom is 0.124 e. The summed E-state index contributed by atoms with van der Waals surface area (Å²) in [5.74, 6) is 0.868. The van der Waals surface area contributed by atoms with Crippen LogP contribution in [0, 0.1) is 0 Å². The highest BCUT2D eigenvalue weighted by molar-refractivity contribution is 5.93. The number of fused-ring (bicyclic) bond motifs is 4. The van der Waals surface area contributed by atoms with Crippen LogP contribution in [0.5, 0.6) is 5.75 Å². The molecule has 0 amide bonds. The summed E-state index contributed by atoms with van der Waals surface area (Å²) in [4.78, 5) is 0. The van der Waals surface area contributed by atoms with E-state index in [4.69, 9.17) is 4.74 Å². The van der Waals surface area contributed by atoms with E-state index >= 15 is 0 Å². The van der Waals surface area contributed by atoms with Crippen LogP contribution in [0.1, 0.15) is 16.7 Å². The van der Waals surface area contributed by atoms with Crippen LogP contribution in [0.2, 0.25) is 0 Å². The topological polar surface area (TPSA) is 34.4 Å². The summed E-state index contributed by atoms with van der Waals surface area (Å²) in [6.45, 7) is 1.21. The van der Waals surface area contributed by atoms with Crippen molar-refractivity contribution in [3.63, 3.8) is 0 Å². The molecule has 1 N–H and O–H groups in total. The van der Waals surface area contributed by atoms with Gasteiger partial charge >= 0.3 is 0 Å². The van der Waals surface area contributed by atoms with E-state index in [0.29, 0.717) is 6.61 Å². The smallest absolute Gasteiger partial charge is 0.124 e. The van der Waals surface area contributed by atoms with Gasteiger partial charge in [-0.15, -0.1) is 0 Å². The Morgan fingerprint density at radius 2 is 1.55 bits per heavy atom. The van der Waals surface area contributed by atoms with E-state index in [-0.39, 0.29) is 6.61 Å². The van der Waals surface area contributed by atoms with Crippen LogP contribution in [0.15, 0.2) is 97.2 Å². The van der Waals surface area contributed by atoms with Gasteiger partial charge in [-0.05, 0) is 34.0 Å². The van der Waals surface area contributed by atoms with Gasteiger partial charge in [0, 0.05) is 29.2 Å². The molecule has 0 fully saturated rings. The van der Waals surface area contributed by atoms with E-state index in [2.05, 4.69) is 89.6 Å². The number of aromatic nitrogens is 1. The molecule has 0 saturated carbocycles. The summed E-state index contributed by atoms with van der Waals surface area (Å²) in [5, 5.41) is 14.3. The molecule has 31 heavy (non-hydrogen) atoms. The van der Waals surface area contributed by atoms with E-state index in [9.17, 15) is 5.11 Å². The van der Waals surface area contributed by atoms with Crippen molar-refractivity contribution in [2.45, 2.75) is 12.0 Å². The number of aliphatic hydroxyl groups is 1. The van der Waals surface area contributed by atoms with Gasteiger partial charge in [0.15, 0.2) is 0 Å². The fourth-order valence-corrected chi connectivity index (χ4v) is 5.10. The Bertz CT molecular complexity index is 1400. The fraction of sp³-hybridized carbons (Fsp3) is 0.143. The maximum atomic E-state index is 10.8. The van der Waals surface area contributed by atoms with Crippen LogP contribution in [-0.2, 0) is 12.0 Å². The molecule has 0 bridgehead atoms. The van der Waals surface area contributed by atoms with Crippen molar-refractivity contribution in [2.75, 3.05) is 13.2 Å². The molecule has 3 heteroatoms. The van der Waals surface area contributed by atoms with Gasteiger partial charge in [0.2, 0.25) is 0 Å². The van der Waals surface area contributed by atoms with Gasteiger partial charge in [-0.2, -0.15) is 0 Å². The third-order valence-electron chi connectivity index (χ3n) is 6.61. The van der Waals surface area contributed by atoms with E-state index in [0.717, 1.165) is 39.6 Å². The molecule has 6 rings (SSSR count). The summed E-state index contributed by atoms with van der Waals surface area (Å²) < 4.78 is 8.47. The second kappa shape index (κ2) is 7.00. The molecule has 1 aliphatic heterocycles. The lowest BCUT2D eigenvalue weighted by molar-refractivity contribution is 0.186. The van der Waals surface area contributed by atoms with Crippen molar-refractivity contribution in [3.05, 3.63) is 114 Å². The van der Waals surface area contributed by atoms with Crippen molar-refractivity contribution in [3.8, 4) is 5.75 Å². The Labute approximate surface area is 181 Å². The number of benzene rings is 4. The summed E-state index contributed by atoms with van der Waals surface area (Å²) >= 11 is 0. The summed E-state index contributed by atoms with van der Waals surface area (Å²) in [7, 11) is 0. The second-order valence-corrected chi connectivity index (χ2v) is 8.36. The van der Waals surface area contributed by atoms with Gasteiger partial charge in [0.1, 0.15) is 12.4 Å². The molecule has 3 nitrogen and oxygen atoms in total. The van der Waals surface area contributed by atoms with Crippen LogP contribution in [-0.4, -0.2) is 22.9 Å². The van der Waals surface area contributed by atoms with Crippen LogP contribution in [0.25, 0.3) is 21.7 Å². The molecule has 1 aliphatic rings. The molecule has 1 atom stereocenters. The molecule has 152 valence electrons. The van der Waals surface area contributed by atoms with Crippen LogP contribution in [0.3, 0.4) is 0 Å². The number of aliphatic hydroxyl groups excluding tert-OH is 1. The molecule has 2 heterocycles. The highest BCUT2D eigenvalue weighted by atomic mass is 16.5. The molecule has 0 unspecified atom stereocenters. The summed E-state index contributed by atoms with van der Waals surface area (Å²) in [6.07, 6.45) is 2.22. The first-order valence-electron chi connectivity index (χ1n) is 10.7. The van der Waals surface area contributed by atoms with Gasteiger partial charge in [0.05, 0.1) is 12.0 Å².